The van der Waals surface area contributed by atoms with E-state index in [4.69, 9.17) is 9.47 Å². The van der Waals surface area contributed by atoms with E-state index >= 15 is 0 Å². The van der Waals surface area contributed by atoms with Crippen molar-refractivity contribution in [2.24, 2.45) is 0 Å². The third kappa shape index (κ3) is 6.90. The molecule has 0 saturated heterocycles. The third-order valence-electron chi connectivity index (χ3n) is 5.62. The average Bonchev–Trinajstić information content (AvgIpc) is 2.93. The fraction of sp³-hybridized carbons (Fsp3) is 0.103. The number of sulfonamides is 1. The molecule has 0 aliphatic heterocycles. The van der Waals surface area contributed by atoms with Crippen molar-refractivity contribution in [1.82, 2.24) is 0 Å². The van der Waals surface area contributed by atoms with Crippen LogP contribution in [0.25, 0.3) is 0 Å². The number of rotatable bonds is 9. The van der Waals surface area contributed by atoms with Gasteiger partial charge in [0.1, 0.15) is 17.6 Å². The molecule has 4 aromatic rings. The molecule has 0 bridgehead atoms. The van der Waals surface area contributed by atoms with Crippen molar-refractivity contribution in [3.05, 3.63) is 107 Å². The van der Waals surface area contributed by atoms with Gasteiger partial charge in [-0.05, 0) is 80.4 Å². The van der Waals surface area contributed by atoms with Crippen molar-refractivity contribution in [3.8, 4) is 17.6 Å². The minimum absolute atomic E-state index is 0.0733. The number of hydrogen-bond donors (Lipinski definition) is 2. The summed E-state index contributed by atoms with van der Waals surface area (Å²) in [5.41, 5.74) is 3.07. The zero-order chi connectivity index (χ0) is 28.0. The predicted molar refractivity (Wildman–Crippen MR) is 152 cm³/mol. The zero-order valence-electron chi connectivity index (χ0n) is 21.4. The molecular formula is C29H25N3O5S2. The second kappa shape index (κ2) is 11.9. The molecule has 0 radical (unpaired) electrons. The lowest BCUT2D eigenvalue weighted by Crippen LogP contribution is -2.13. The zero-order valence-corrected chi connectivity index (χ0v) is 23.0. The summed E-state index contributed by atoms with van der Waals surface area (Å²) < 4.78 is 42.0. The molecule has 8 nitrogen and oxygen atoms in total. The molecule has 0 aliphatic rings. The molecule has 10 heteroatoms. The molecule has 0 fully saturated rings. The average molecular weight is 560 g/mol. The lowest BCUT2D eigenvalue weighted by atomic mass is 10.1. The number of hydrogen-bond acceptors (Lipinski definition) is 8. The highest BCUT2D eigenvalue weighted by atomic mass is 32.2. The van der Waals surface area contributed by atoms with Crippen LogP contribution in [-0.2, 0) is 14.8 Å². The third-order valence-corrected chi connectivity index (χ3v) is 7.83. The van der Waals surface area contributed by atoms with Crippen LogP contribution in [0, 0.1) is 25.2 Å². The summed E-state index contributed by atoms with van der Waals surface area (Å²) in [7, 11) is -2.59. The quantitative estimate of drug-likeness (QED) is 0.172. The Morgan fingerprint density at radius 3 is 2.05 bits per heavy atom. The van der Waals surface area contributed by atoms with Crippen molar-refractivity contribution in [3.63, 3.8) is 0 Å². The number of nitrogens with one attached hydrogen (secondary N) is 2. The van der Waals surface area contributed by atoms with Crippen LogP contribution >= 0.6 is 11.9 Å². The molecule has 0 saturated carbocycles. The van der Waals surface area contributed by atoms with Crippen molar-refractivity contribution in [2.45, 2.75) is 23.6 Å². The van der Waals surface area contributed by atoms with E-state index in [0.29, 0.717) is 11.4 Å². The maximum Gasteiger partial charge on any atom is 0.340 e. The SMILES string of the molecule is COC(=O)c1cc(Oc2ccc(NS(=O)(=O)c3ccc(C)cc3)c(C#N)c2)ccc1NSc1ccc(C)cc1. The summed E-state index contributed by atoms with van der Waals surface area (Å²) in [6.07, 6.45) is 0. The van der Waals surface area contributed by atoms with E-state index < -0.39 is 16.0 Å². The van der Waals surface area contributed by atoms with E-state index in [1.165, 1.54) is 55.5 Å². The minimum atomic E-state index is -3.89. The first-order valence-electron chi connectivity index (χ1n) is 11.7. The van der Waals surface area contributed by atoms with Crippen LogP contribution in [0.4, 0.5) is 11.4 Å². The summed E-state index contributed by atoms with van der Waals surface area (Å²) in [5.74, 6) is 0.0691. The summed E-state index contributed by atoms with van der Waals surface area (Å²) in [6.45, 7) is 3.87. The van der Waals surface area contributed by atoms with E-state index in [2.05, 4.69) is 9.44 Å². The molecule has 0 atom stereocenters. The van der Waals surface area contributed by atoms with Crippen LogP contribution in [0.1, 0.15) is 27.0 Å². The van der Waals surface area contributed by atoms with Gasteiger partial charge in [0.05, 0.1) is 34.5 Å². The van der Waals surface area contributed by atoms with Gasteiger partial charge in [0.15, 0.2) is 0 Å². The molecule has 39 heavy (non-hydrogen) atoms. The first-order valence-corrected chi connectivity index (χ1v) is 14.0. The topological polar surface area (TPSA) is 118 Å². The lowest BCUT2D eigenvalue weighted by molar-refractivity contribution is 0.0601. The van der Waals surface area contributed by atoms with Crippen LogP contribution in [0.3, 0.4) is 0 Å². The first kappa shape index (κ1) is 27.6. The van der Waals surface area contributed by atoms with E-state index in [9.17, 15) is 18.5 Å². The van der Waals surface area contributed by atoms with Crippen molar-refractivity contribution < 1.29 is 22.7 Å². The van der Waals surface area contributed by atoms with Gasteiger partial charge < -0.3 is 14.2 Å². The first-order chi connectivity index (χ1) is 18.7. The van der Waals surface area contributed by atoms with Crippen LogP contribution in [-0.4, -0.2) is 21.5 Å². The normalized spacial score (nSPS) is 10.8. The van der Waals surface area contributed by atoms with Gasteiger partial charge in [-0.1, -0.05) is 35.4 Å². The number of carbonyl (C=O) groups is 1. The van der Waals surface area contributed by atoms with E-state index in [0.717, 1.165) is 16.0 Å². The number of benzene rings is 4. The molecular weight excluding hydrogens is 534 g/mol. The Labute approximate surface area is 231 Å². The van der Waals surface area contributed by atoms with Gasteiger partial charge >= 0.3 is 5.97 Å². The number of methoxy groups -OCH3 is 1. The van der Waals surface area contributed by atoms with Gasteiger partial charge in [-0.15, -0.1) is 0 Å². The van der Waals surface area contributed by atoms with E-state index in [1.807, 2.05) is 44.2 Å². The molecule has 0 aliphatic carbocycles. The molecule has 0 heterocycles. The Bertz CT molecular complexity index is 1650. The highest BCUT2D eigenvalue weighted by Gasteiger charge is 2.18. The fourth-order valence-electron chi connectivity index (χ4n) is 3.50. The molecule has 0 aromatic heterocycles. The predicted octanol–water partition coefficient (Wildman–Crippen LogP) is 6.67. The van der Waals surface area contributed by atoms with E-state index in [-0.39, 0.29) is 27.5 Å². The monoisotopic (exact) mass is 559 g/mol. The van der Waals surface area contributed by atoms with Crippen LogP contribution in [0.5, 0.6) is 11.5 Å². The van der Waals surface area contributed by atoms with Gasteiger partial charge in [-0.3, -0.25) is 4.72 Å². The molecule has 198 valence electrons. The number of ether oxygens (including phenoxy) is 2. The van der Waals surface area contributed by atoms with Crippen LogP contribution in [0.2, 0.25) is 0 Å². The summed E-state index contributed by atoms with van der Waals surface area (Å²) in [5, 5.41) is 9.65. The Balaban J connectivity index is 1.53. The second-order valence-electron chi connectivity index (χ2n) is 8.56. The molecule has 0 spiro atoms. The van der Waals surface area contributed by atoms with Gasteiger partial charge in [-0.25, -0.2) is 13.2 Å². The maximum absolute atomic E-state index is 12.8. The fourth-order valence-corrected chi connectivity index (χ4v) is 5.26. The molecule has 0 amide bonds. The van der Waals surface area contributed by atoms with Crippen molar-refractivity contribution in [1.29, 1.82) is 5.26 Å². The smallest absolute Gasteiger partial charge is 0.340 e. The minimum Gasteiger partial charge on any atom is -0.465 e. The second-order valence-corrected chi connectivity index (χ2v) is 11.1. The van der Waals surface area contributed by atoms with Gasteiger partial charge in [0.2, 0.25) is 0 Å². The number of aryl methyl sites for hydroxylation is 2. The van der Waals surface area contributed by atoms with Gasteiger partial charge in [0, 0.05) is 11.0 Å². The largest absolute Gasteiger partial charge is 0.465 e. The lowest BCUT2D eigenvalue weighted by Gasteiger charge is -2.14. The number of esters is 1. The van der Waals surface area contributed by atoms with Crippen LogP contribution in [0.15, 0.2) is 94.7 Å². The molecule has 4 aromatic carbocycles. The Kier molecular flexibility index (Phi) is 8.44. The Morgan fingerprint density at radius 2 is 1.44 bits per heavy atom. The number of nitriles is 1. The number of nitrogens with zero attached hydrogens (tertiary/aromatic N) is 1. The standard InChI is InChI=1S/C29H25N3O5S2/c1-19-4-10-24(11-5-19)38-31-28-15-9-23(17-26(28)29(33)36-3)37-22-8-14-27(21(16-22)18-30)32-39(34,35)25-12-6-20(2)7-13-25/h4-17,31-32H,1-3H3. The highest BCUT2D eigenvalue weighted by Crippen LogP contribution is 2.32. The van der Waals surface area contributed by atoms with Crippen LogP contribution < -0.4 is 14.2 Å². The number of anilines is 2. The Morgan fingerprint density at radius 1 is 0.846 bits per heavy atom. The number of carbonyl (C=O) groups excluding carboxylic acids is 1. The van der Waals surface area contributed by atoms with E-state index in [1.54, 1.807) is 24.3 Å². The van der Waals surface area contributed by atoms with Gasteiger partial charge in [0.25, 0.3) is 10.0 Å². The maximum atomic E-state index is 12.8. The Hall–Kier alpha value is -4.46. The highest BCUT2D eigenvalue weighted by molar-refractivity contribution is 8.00. The van der Waals surface area contributed by atoms with Crippen molar-refractivity contribution in [2.75, 3.05) is 16.6 Å². The molecule has 4 rings (SSSR count). The van der Waals surface area contributed by atoms with Crippen molar-refractivity contribution >= 4 is 39.3 Å². The summed E-state index contributed by atoms with van der Waals surface area (Å²) in [4.78, 5) is 13.5. The summed E-state index contributed by atoms with van der Waals surface area (Å²) in [6, 6.07) is 25.6. The van der Waals surface area contributed by atoms with Gasteiger partial charge in [-0.2, -0.15) is 5.26 Å². The molecule has 2 N–H and O–H groups in total. The summed E-state index contributed by atoms with van der Waals surface area (Å²) >= 11 is 1.35. The molecule has 0 unspecified atom stereocenters.